The van der Waals surface area contributed by atoms with E-state index in [1.807, 2.05) is 17.3 Å². The molecule has 0 bridgehead atoms. The number of aryl methyl sites for hydroxylation is 1. The lowest BCUT2D eigenvalue weighted by molar-refractivity contribution is -0.00203. The Kier molecular flexibility index (Phi) is 3.37. The van der Waals surface area contributed by atoms with Crippen LogP contribution in [0.25, 0.3) is 0 Å². The zero-order valence-corrected chi connectivity index (χ0v) is 13.1. The fourth-order valence-corrected chi connectivity index (χ4v) is 3.60. The lowest BCUT2D eigenvalue weighted by Crippen LogP contribution is -2.59. The summed E-state index contributed by atoms with van der Waals surface area (Å²) in [7, 11) is 1.79. The quantitative estimate of drug-likeness (QED) is 0.833. The van der Waals surface area contributed by atoms with E-state index in [4.69, 9.17) is 4.74 Å². The summed E-state index contributed by atoms with van der Waals surface area (Å²) < 4.78 is 7.57. The fourth-order valence-electron chi connectivity index (χ4n) is 3.60. The predicted molar refractivity (Wildman–Crippen MR) is 81.6 cm³/mol. The number of ether oxygens (including phenoxy) is 1. The number of carbonyl (C=O) groups is 1. The minimum atomic E-state index is 0.0514. The summed E-state index contributed by atoms with van der Waals surface area (Å²) in [6, 6.07) is 1.76. The van der Waals surface area contributed by atoms with E-state index >= 15 is 0 Å². The highest BCUT2D eigenvalue weighted by Crippen LogP contribution is 2.42. The summed E-state index contributed by atoms with van der Waals surface area (Å²) in [6.45, 7) is 2.25. The number of rotatable bonds is 3. The van der Waals surface area contributed by atoms with Crippen molar-refractivity contribution in [2.45, 2.75) is 18.9 Å². The van der Waals surface area contributed by atoms with Crippen molar-refractivity contribution >= 4 is 5.91 Å². The number of nitrogens with zero attached hydrogens (tertiary/aromatic N) is 5. The molecular weight excluding hydrogens is 294 g/mol. The lowest BCUT2D eigenvalue weighted by Gasteiger charge is -2.47. The first-order valence-corrected chi connectivity index (χ1v) is 7.78. The van der Waals surface area contributed by atoms with Crippen molar-refractivity contribution in [3.8, 4) is 0 Å². The van der Waals surface area contributed by atoms with Gasteiger partial charge in [-0.05, 0) is 18.1 Å². The van der Waals surface area contributed by atoms with Crippen molar-refractivity contribution in [1.29, 1.82) is 0 Å². The molecule has 0 aromatic carbocycles. The first kappa shape index (κ1) is 14.3. The summed E-state index contributed by atoms with van der Waals surface area (Å²) in [5.41, 5.74) is 1.85. The fraction of sp³-hybridized carbons (Fsp3) is 0.500. The topological polar surface area (TPSA) is 73.1 Å². The Labute approximate surface area is 134 Å². The van der Waals surface area contributed by atoms with Crippen molar-refractivity contribution in [3.05, 3.63) is 42.2 Å². The van der Waals surface area contributed by atoms with Gasteiger partial charge in [0.15, 0.2) is 0 Å². The molecule has 0 N–H and O–H groups in total. The molecule has 0 aliphatic carbocycles. The molecule has 2 aromatic rings. The molecule has 1 amide bonds. The van der Waals surface area contributed by atoms with Crippen molar-refractivity contribution in [2.75, 3.05) is 19.7 Å². The first-order chi connectivity index (χ1) is 11.2. The molecule has 2 fully saturated rings. The van der Waals surface area contributed by atoms with Gasteiger partial charge in [-0.15, -0.1) is 0 Å². The summed E-state index contributed by atoms with van der Waals surface area (Å²) in [5, 5.41) is 4.06. The number of hydrogen-bond donors (Lipinski definition) is 0. The smallest absolute Gasteiger partial charge is 0.272 e. The second-order valence-electron chi connectivity index (χ2n) is 6.59. The molecule has 0 unspecified atom stereocenters. The van der Waals surface area contributed by atoms with E-state index in [0.717, 1.165) is 38.1 Å². The van der Waals surface area contributed by atoms with Crippen molar-refractivity contribution < 1.29 is 9.53 Å². The third kappa shape index (κ3) is 2.61. The SMILES string of the molecule is Cn1nccc1C(=O)N1CC2(CO[C@@H](Cc3cncnc3)C2)C1. The highest BCUT2D eigenvalue weighted by atomic mass is 16.5. The first-order valence-electron chi connectivity index (χ1n) is 7.78. The lowest BCUT2D eigenvalue weighted by atomic mass is 9.77. The summed E-state index contributed by atoms with van der Waals surface area (Å²) in [4.78, 5) is 22.4. The van der Waals surface area contributed by atoms with E-state index in [1.54, 1.807) is 24.0 Å². The number of aromatic nitrogens is 4. The van der Waals surface area contributed by atoms with Crippen molar-refractivity contribution in [2.24, 2.45) is 12.5 Å². The van der Waals surface area contributed by atoms with Crippen LogP contribution >= 0.6 is 0 Å². The third-order valence-electron chi connectivity index (χ3n) is 4.74. The zero-order valence-electron chi connectivity index (χ0n) is 13.1. The van der Waals surface area contributed by atoms with E-state index in [-0.39, 0.29) is 17.4 Å². The minimum Gasteiger partial charge on any atom is -0.377 e. The molecule has 2 aliphatic rings. The van der Waals surface area contributed by atoms with Gasteiger partial charge in [0.25, 0.3) is 5.91 Å². The van der Waals surface area contributed by atoms with Gasteiger partial charge >= 0.3 is 0 Å². The van der Waals surface area contributed by atoms with E-state index < -0.39 is 0 Å². The summed E-state index contributed by atoms with van der Waals surface area (Å²) >= 11 is 0. The average molecular weight is 313 g/mol. The van der Waals surface area contributed by atoms with Gasteiger partial charge in [-0.25, -0.2) is 9.97 Å². The number of hydrogen-bond acceptors (Lipinski definition) is 5. The molecule has 4 heterocycles. The standard InChI is InChI=1S/C16H19N5O2/c1-20-14(2-3-19-20)15(22)21-8-16(9-21)5-13(23-10-16)4-12-6-17-11-18-7-12/h2-3,6-7,11,13H,4-5,8-10H2,1H3/t13-/m0/s1. The third-order valence-corrected chi connectivity index (χ3v) is 4.74. The van der Waals surface area contributed by atoms with Gasteiger partial charge in [0.05, 0.1) is 12.7 Å². The van der Waals surface area contributed by atoms with E-state index in [1.165, 1.54) is 6.33 Å². The van der Waals surface area contributed by atoms with Crippen LogP contribution in [0.2, 0.25) is 0 Å². The molecular formula is C16H19N5O2. The van der Waals surface area contributed by atoms with E-state index in [0.29, 0.717) is 5.69 Å². The van der Waals surface area contributed by atoms with Crippen LogP contribution in [0.5, 0.6) is 0 Å². The van der Waals surface area contributed by atoms with Gasteiger partial charge in [-0.2, -0.15) is 5.10 Å². The van der Waals surface area contributed by atoms with Gasteiger partial charge in [0, 0.05) is 50.6 Å². The Bertz CT molecular complexity index is 708. The maximum Gasteiger partial charge on any atom is 0.272 e. The number of carbonyl (C=O) groups excluding carboxylic acids is 1. The van der Waals surface area contributed by atoms with Gasteiger partial charge in [-0.1, -0.05) is 0 Å². The predicted octanol–water partition coefficient (Wildman–Crippen LogP) is 0.684. The number of amides is 1. The van der Waals surface area contributed by atoms with E-state index in [2.05, 4.69) is 15.1 Å². The molecule has 1 spiro atoms. The zero-order chi connectivity index (χ0) is 15.9. The molecule has 2 saturated heterocycles. The van der Waals surface area contributed by atoms with Gasteiger partial charge in [-0.3, -0.25) is 9.48 Å². The maximum absolute atomic E-state index is 12.4. The van der Waals surface area contributed by atoms with Crippen LogP contribution in [0, 0.1) is 5.41 Å². The molecule has 4 rings (SSSR count). The molecule has 7 heteroatoms. The van der Waals surface area contributed by atoms with Gasteiger partial charge in [0.2, 0.25) is 0 Å². The van der Waals surface area contributed by atoms with Crippen molar-refractivity contribution in [3.63, 3.8) is 0 Å². The normalized spacial score (nSPS) is 22.3. The Morgan fingerprint density at radius 2 is 2.17 bits per heavy atom. The molecule has 2 aliphatic heterocycles. The minimum absolute atomic E-state index is 0.0514. The molecule has 7 nitrogen and oxygen atoms in total. The second-order valence-corrected chi connectivity index (χ2v) is 6.59. The van der Waals surface area contributed by atoms with Crippen LogP contribution in [0.4, 0.5) is 0 Å². The van der Waals surface area contributed by atoms with Crippen LogP contribution in [0.15, 0.2) is 31.0 Å². The molecule has 0 radical (unpaired) electrons. The maximum atomic E-state index is 12.4. The Morgan fingerprint density at radius 1 is 1.39 bits per heavy atom. The molecule has 1 atom stereocenters. The number of likely N-dealkylation sites (tertiary alicyclic amines) is 1. The van der Waals surface area contributed by atoms with Crippen LogP contribution in [-0.2, 0) is 18.2 Å². The highest BCUT2D eigenvalue weighted by Gasteiger charge is 2.50. The monoisotopic (exact) mass is 313 g/mol. The Morgan fingerprint density at radius 3 is 2.87 bits per heavy atom. The Hall–Kier alpha value is -2.28. The molecule has 120 valence electrons. The van der Waals surface area contributed by atoms with Crippen LogP contribution < -0.4 is 0 Å². The van der Waals surface area contributed by atoms with Crippen LogP contribution in [-0.4, -0.2) is 56.4 Å². The second kappa shape index (κ2) is 5.42. The highest BCUT2D eigenvalue weighted by molar-refractivity contribution is 5.93. The molecule has 2 aromatic heterocycles. The van der Waals surface area contributed by atoms with Crippen LogP contribution in [0.3, 0.4) is 0 Å². The molecule has 23 heavy (non-hydrogen) atoms. The van der Waals surface area contributed by atoms with Crippen molar-refractivity contribution in [1.82, 2.24) is 24.6 Å². The largest absolute Gasteiger partial charge is 0.377 e. The van der Waals surface area contributed by atoms with Crippen LogP contribution in [0.1, 0.15) is 22.5 Å². The summed E-state index contributed by atoms with van der Waals surface area (Å²) in [6.07, 6.45) is 8.86. The summed E-state index contributed by atoms with van der Waals surface area (Å²) in [5.74, 6) is 0.0514. The Balaban J connectivity index is 1.35. The van der Waals surface area contributed by atoms with E-state index in [9.17, 15) is 4.79 Å². The molecule has 0 saturated carbocycles. The van der Waals surface area contributed by atoms with Gasteiger partial charge < -0.3 is 9.64 Å². The average Bonchev–Trinajstić information content (AvgIpc) is 3.13. The van der Waals surface area contributed by atoms with Gasteiger partial charge in [0.1, 0.15) is 12.0 Å².